The molecule has 0 heterocycles. The Morgan fingerprint density at radius 3 is 2.18 bits per heavy atom. The number of aliphatic carboxylic acids is 1. The lowest BCUT2D eigenvalue weighted by Crippen LogP contribution is -2.42. The Bertz CT molecular complexity index is 377. The standard InChI is InChI=1S/C10H23N3O6S.C2H6/c1-19-8-6-12(7-9-20(16,17)18)4-5-13(11)3-2-10(14)15;1-2/h2-9,11H2,1H3,(H,14,15)(H,16,17,18);1-2H3. The number of carboxylic acids is 1. The summed E-state index contributed by atoms with van der Waals surface area (Å²) in [4.78, 5) is 12.2. The molecule has 0 aromatic carbocycles. The number of ether oxygens (including phenoxy) is 1. The molecule has 0 fully saturated rings. The van der Waals surface area contributed by atoms with Crippen LogP contribution in [0.1, 0.15) is 20.3 Å². The van der Waals surface area contributed by atoms with E-state index in [1.54, 1.807) is 4.90 Å². The molecule has 0 aromatic rings. The van der Waals surface area contributed by atoms with Gasteiger partial charge in [-0.05, 0) is 0 Å². The van der Waals surface area contributed by atoms with Crippen molar-refractivity contribution in [3.8, 4) is 0 Å². The van der Waals surface area contributed by atoms with E-state index in [1.807, 2.05) is 13.8 Å². The van der Waals surface area contributed by atoms with Gasteiger partial charge in [-0.25, -0.2) is 5.01 Å². The Morgan fingerprint density at radius 2 is 1.73 bits per heavy atom. The third-order valence-electron chi connectivity index (χ3n) is 2.59. The first-order chi connectivity index (χ1) is 10.2. The number of carboxylic acid groups (broad SMARTS) is 1. The molecule has 0 aliphatic rings. The van der Waals surface area contributed by atoms with Crippen LogP contribution < -0.4 is 5.84 Å². The highest BCUT2D eigenvalue weighted by molar-refractivity contribution is 7.85. The fourth-order valence-corrected chi connectivity index (χ4v) is 1.91. The molecule has 0 rings (SSSR count). The first-order valence-electron chi connectivity index (χ1n) is 7.12. The Morgan fingerprint density at radius 1 is 1.14 bits per heavy atom. The van der Waals surface area contributed by atoms with Gasteiger partial charge in [0, 0.05) is 39.8 Å². The Balaban J connectivity index is 0. The van der Waals surface area contributed by atoms with E-state index in [1.165, 1.54) is 12.1 Å². The summed E-state index contributed by atoms with van der Waals surface area (Å²) in [5.41, 5.74) is 0. The predicted octanol–water partition coefficient (Wildman–Crippen LogP) is -0.501. The van der Waals surface area contributed by atoms with Crippen LogP contribution >= 0.6 is 0 Å². The van der Waals surface area contributed by atoms with Gasteiger partial charge in [-0.1, -0.05) is 13.8 Å². The minimum atomic E-state index is -4.01. The fourth-order valence-electron chi connectivity index (χ4n) is 1.42. The summed E-state index contributed by atoms with van der Waals surface area (Å²) < 4.78 is 35.1. The smallest absolute Gasteiger partial charge is 0.304 e. The van der Waals surface area contributed by atoms with Crippen LogP contribution in [0.3, 0.4) is 0 Å². The van der Waals surface area contributed by atoms with Crippen LogP contribution in [0.15, 0.2) is 0 Å². The summed E-state index contributed by atoms with van der Waals surface area (Å²) in [5, 5.41) is 9.89. The van der Waals surface area contributed by atoms with Gasteiger partial charge in [0.05, 0.1) is 18.8 Å². The van der Waals surface area contributed by atoms with Crippen molar-refractivity contribution < 1.29 is 27.6 Å². The average Bonchev–Trinajstić information content (AvgIpc) is 2.45. The molecule has 0 saturated carbocycles. The highest BCUT2D eigenvalue weighted by atomic mass is 32.2. The van der Waals surface area contributed by atoms with Crippen LogP contribution in [0.4, 0.5) is 0 Å². The fraction of sp³-hybridized carbons (Fsp3) is 0.917. The van der Waals surface area contributed by atoms with Crippen LogP contribution in [0.5, 0.6) is 0 Å². The van der Waals surface area contributed by atoms with Gasteiger partial charge in [-0.2, -0.15) is 8.42 Å². The molecule has 0 saturated heterocycles. The van der Waals surface area contributed by atoms with Gasteiger partial charge >= 0.3 is 5.97 Å². The topological polar surface area (TPSA) is 133 Å². The Labute approximate surface area is 132 Å². The maximum Gasteiger partial charge on any atom is 0.304 e. The number of hydrogen-bond acceptors (Lipinski definition) is 7. The predicted molar refractivity (Wildman–Crippen MR) is 84.1 cm³/mol. The van der Waals surface area contributed by atoms with Gasteiger partial charge in [-0.15, -0.1) is 0 Å². The summed E-state index contributed by atoms with van der Waals surface area (Å²) in [5.74, 6) is 4.33. The largest absolute Gasteiger partial charge is 0.481 e. The maximum absolute atomic E-state index is 10.7. The third-order valence-corrected chi connectivity index (χ3v) is 3.29. The lowest BCUT2D eigenvalue weighted by molar-refractivity contribution is -0.137. The third kappa shape index (κ3) is 17.3. The molecule has 0 spiro atoms. The summed E-state index contributed by atoms with van der Waals surface area (Å²) >= 11 is 0. The molecule has 10 heteroatoms. The van der Waals surface area contributed by atoms with Gasteiger partial charge in [-0.3, -0.25) is 20.1 Å². The van der Waals surface area contributed by atoms with Crippen LogP contribution in [-0.2, 0) is 19.6 Å². The normalized spacial score (nSPS) is 11.4. The van der Waals surface area contributed by atoms with Crippen LogP contribution in [0.25, 0.3) is 0 Å². The molecule has 0 unspecified atom stereocenters. The quantitative estimate of drug-likeness (QED) is 0.243. The first-order valence-corrected chi connectivity index (χ1v) is 8.73. The zero-order valence-electron chi connectivity index (χ0n) is 13.6. The molecule has 0 radical (unpaired) electrons. The zero-order chi connectivity index (χ0) is 17.6. The van der Waals surface area contributed by atoms with E-state index < -0.39 is 16.1 Å². The number of hydrazine groups is 1. The molecular weight excluding hydrogens is 314 g/mol. The Kier molecular flexibility index (Phi) is 14.8. The molecule has 134 valence electrons. The van der Waals surface area contributed by atoms with Gasteiger partial charge in [0.15, 0.2) is 0 Å². The summed E-state index contributed by atoms with van der Waals surface area (Å²) in [6.07, 6.45) is -0.0560. The minimum Gasteiger partial charge on any atom is -0.481 e. The lowest BCUT2D eigenvalue weighted by Gasteiger charge is -2.24. The van der Waals surface area contributed by atoms with Crippen molar-refractivity contribution in [1.29, 1.82) is 0 Å². The van der Waals surface area contributed by atoms with Crippen LogP contribution in [0, 0.1) is 0 Å². The van der Waals surface area contributed by atoms with E-state index in [4.69, 9.17) is 20.2 Å². The second kappa shape index (κ2) is 13.9. The number of hydrogen-bond donors (Lipinski definition) is 3. The zero-order valence-corrected chi connectivity index (χ0v) is 14.4. The summed E-state index contributed by atoms with van der Waals surface area (Å²) in [7, 11) is -2.48. The molecule has 4 N–H and O–H groups in total. The van der Waals surface area contributed by atoms with E-state index in [0.717, 1.165) is 0 Å². The second-order valence-electron chi connectivity index (χ2n) is 4.30. The molecule has 0 amide bonds. The molecule has 0 aliphatic heterocycles. The van der Waals surface area contributed by atoms with Crippen LogP contribution in [-0.4, -0.2) is 86.1 Å². The van der Waals surface area contributed by atoms with Crippen molar-refractivity contribution in [2.75, 3.05) is 52.2 Å². The monoisotopic (exact) mass is 343 g/mol. The van der Waals surface area contributed by atoms with E-state index in [2.05, 4.69) is 0 Å². The molecule has 0 atom stereocenters. The van der Waals surface area contributed by atoms with E-state index in [9.17, 15) is 13.2 Å². The van der Waals surface area contributed by atoms with E-state index >= 15 is 0 Å². The summed E-state index contributed by atoms with van der Waals surface area (Å²) in [6.45, 7) is 6.14. The molecular formula is C12H29N3O6S. The van der Waals surface area contributed by atoms with Gasteiger partial charge in [0.25, 0.3) is 10.1 Å². The summed E-state index contributed by atoms with van der Waals surface area (Å²) in [6, 6.07) is 0. The highest BCUT2D eigenvalue weighted by Gasteiger charge is 2.12. The SMILES string of the molecule is CC.COCCN(CCN(N)CCC(=O)O)CCS(=O)(=O)O. The van der Waals surface area contributed by atoms with E-state index in [0.29, 0.717) is 26.2 Å². The van der Waals surface area contributed by atoms with E-state index in [-0.39, 0.29) is 25.3 Å². The van der Waals surface area contributed by atoms with Crippen molar-refractivity contribution in [3.05, 3.63) is 0 Å². The molecule has 0 bridgehead atoms. The average molecular weight is 343 g/mol. The number of nitrogens with zero attached hydrogens (tertiary/aromatic N) is 2. The first kappa shape index (κ1) is 23.5. The minimum absolute atomic E-state index is 0.0560. The number of carbonyl (C=O) groups is 1. The number of rotatable bonds is 12. The van der Waals surface area contributed by atoms with Crippen molar-refractivity contribution in [2.45, 2.75) is 20.3 Å². The second-order valence-corrected chi connectivity index (χ2v) is 5.87. The number of methoxy groups -OCH3 is 1. The van der Waals surface area contributed by atoms with Crippen molar-refractivity contribution >= 4 is 16.1 Å². The lowest BCUT2D eigenvalue weighted by atomic mass is 10.4. The van der Waals surface area contributed by atoms with Crippen molar-refractivity contribution in [1.82, 2.24) is 9.91 Å². The van der Waals surface area contributed by atoms with Crippen molar-refractivity contribution in [2.24, 2.45) is 5.84 Å². The van der Waals surface area contributed by atoms with Gasteiger partial charge < -0.3 is 9.84 Å². The molecule has 0 aliphatic carbocycles. The number of nitrogens with two attached hydrogens (primary N) is 1. The van der Waals surface area contributed by atoms with Crippen molar-refractivity contribution in [3.63, 3.8) is 0 Å². The van der Waals surface area contributed by atoms with Gasteiger partial charge in [0.2, 0.25) is 0 Å². The van der Waals surface area contributed by atoms with Crippen LogP contribution in [0.2, 0.25) is 0 Å². The highest BCUT2D eigenvalue weighted by Crippen LogP contribution is 1.94. The molecule has 0 aromatic heterocycles. The molecule has 9 nitrogen and oxygen atoms in total. The molecule has 22 heavy (non-hydrogen) atoms. The maximum atomic E-state index is 10.7. The Hall–Kier alpha value is -0.780. The van der Waals surface area contributed by atoms with Gasteiger partial charge in [0.1, 0.15) is 0 Å².